The van der Waals surface area contributed by atoms with E-state index >= 15 is 0 Å². The van der Waals surface area contributed by atoms with E-state index in [0.29, 0.717) is 5.75 Å². The number of amides is 1. The smallest absolute Gasteiger partial charge is 0.446 e. The first-order valence-electron chi connectivity index (χ1n) is 7.22. The maximum atomic E-state index is 13.5. The van der Waals surface area contributed by atoms with Crippen LogP contribution < -0.4 is 11.1 Å². The minimum Gasteiger partial charge on any atom is -0.465 e. The van der Waals surface area contributed by atoms with Gasteiger partial charge in [0.25, 0.3) is 0 Å². The lowest BCUT2D eigenvalue weighted by atomic mass is 10.2. The Balaban J connectivity index is 1.95. The predicted molar refractivity (Wildman–Crippen MR) is 86.8 cm³/mol. The summed E-state index contributed by atoms with van der Waals surface area (Å²) in [7, 11) is 0. The second-order valence-electron chi connectivity index (χ2n) is 4.88. The molecule has 0 fully saturated rings. The van der Waals surface area contributed by atoms with Crippen molar-refractivity contribution < 1.29 is 23.4 Å². The second kappa shape index (κ2) is 7.70. The first-order valence-corrected chi connectivity index (χ1v) is 8.21. The fraction of sp³-hybridized carbons (Fsp3) is 0.143. The van der Waals surface area contributed by atoms with Gasteiger partial charge in [0.1, 0.15) is 11.9 Å². The van der Waals surface area contributed by atoms with E-state index in [1.54, 1.807) is 6.07 Å². The maximum absolute atomic E-state index is 13.5. The van der Waals surface area contributed by atoms with Gasteiger partial charge >= 0.3 is 11.8 Å². The van der Waals surface area contributed by atoms with Crippen molar-refractivity contribution in [3.8, 4) is 23.3 Å². The Bertz CT molecular complexity index is 1080. The second-order valence-corrected chi connectivity index (χ2v) is 5.97. The first kappa shape index (κ1) is 18.1. The number of nitriles is 1. The van der Waals surface area contributed by atoms with Gasteiger partial charge in [0.2, 0.25) is 5.82 Å². The van der Waals surface area contributed by atoms with Crippen LogP contribution in [0.15, 0.2) is 37.2 Å². The monoisotopic (exact) mass is 392 g/mol. The Morgan fingerprint density at radius 1 is 1.41 bits per heavy atom. The third-order valence-electron chi connectivity index (χ3n) is 3.22. The van der Waals surface area contributed by atoms with Crippen molar-refractivity contribution in [3.63, 3.8) is 0 Å². The number of benzene rings is 1. The van der Waals surface area contributed by atoms with Crippen LogP contribution in [0.25, 0.3) is 17.2 Å². The highest BCUT2D eigenvalue weighted by Gasteiger charge is 2.23. The number of thioether (sulfide) groups is 1. The first-order chi connectivity index (χ1) is 13.0. The summed E-state index contributed by atoms with van der Waals surface area (Å²) in [6.07, 6.45) is -1.16. The minimum absolute atomic E-state index is 0.0644. The molecule has 3 aromatic rings. The molecule has 0 saturated heterocycles. The Morgan fingerprint density at radius 2 is 2.22 bits per heavy atom. The van der Waals surface area contributed by atoms with Gasteiger partial charge in [-0.2, -0.15) is 5.26 Å². The van der Waals surface area contributed by atoms with Crippen molar-refractivity contribution in [2.24, 2.45) is 0 Å². The Labute approximate surface area is 153 Å². The standard InChI is InChI=1S/C14H9FN6O5S/c15-9-2-1-8(5-7(9)6-16)21-11(19-25-14(21)24)10-12(20-26-18-10)27-4-3-17-13(22)23/h1-2,5,17H,3-4H2,(H,22,23). The van der Waals surface area contributed by atoms with Crippen LogP contribution >= 0.6 is 11.8 Å². The molecule has 0 aliphatic rings. The maximum Gasteiger partial charge on any atom is 0.446 e. The number of rotatable bonds is 6. The number of hydrogen-bond acceptors (Lipinski definition) is 9. The van der Waals surface area contributed by atoms with Gasteiger partial charge in [0.05, 0.1) is 11.3 Å². The Hall–Kier alpha value is -3.66. The normalized spacial score (nSPS) is 10.5. The highest BCUT2D eigenvalue weighted by molar-refractivity contribution is 7.99. The van der Waals surface area contributed by atoms with Crippen LogP contribution in [0.1, 0.15) is 5.56 Å². The molecule has 1 aromatic carbocycles. The summed E-state index contributed by atoms with van der Waals surface area (Å²) in [5.41, 5.74) is -0.0520. The van der Waals surface area contributed by atoms with E-state index in [-0.39, 0.29) is 34.3 Å². The number of carboxylic acid groups (broad SMARTS) is 1. The topological polar surface area (TPSA) is 160 Å². The van der Waals surface area contributed by atoms with Crippen LogP contribution in [0, 0.1) is 17.1 Å². The molecule has 11 nitrogen and oxygen atoms in total. The number of nitrogens with zero attached hydrogens (tertiary/aromatic N) is 5. The van der Waals surface area contributed by atoms with Gasteiger partial charge in [-0.1, -0.05) is 16.9 Å². The lowest BCUT2D eigenvalue weighted by molar-refractivity contribution is 0.195. The molecule has 138 valence electrons. The molecule has 0 aliphatic heterocycles. The van der Waals surface area contributed by atoms with Crippen LogP contribution in [-0.2, 0) is 0 Å². The summed E-state index contributed by atoms with van der Waals surface area (Å²) in [6, 6.07) is 5.15. The molecular formula is C14H9FN6O5S. The van der Waals surface area contributed by atoms with E-state index < -0.39 is 17.7 Å². The highest BCUT2D eigenvalue weighted by atomic mass is 32.2. The molecule has 0 spiro atoms. The van der Waals surface area contributed by atoms with Crippen LogP contribution in [-0.4, -0.2) is 43.5 Å². The highest BCUT2D eigenvalue weighted by Crippen LogP contribution is 2.28. The lowest BCUT2D eigenvalue weighted by Gasteiger charge is -2.04. The van der Waals surface area contributed by atoms with Crippen molar-refractivity contribution in [1.82, 2.24) is 25.4 Å². The number of carbonyl (C=O) groups is 1. The molecule has 2 N–H and O–H groups in total. The molecule has 0 radical (unpaired) electrons. The number of nitrogens with one attached hydrogen (secondary N) is 1. The largest absolute Gasteiger partial charge is 0.465 e. The van der Waals surface area contributed by atoms with Gasteiger partial charge in [-0.15, -0.1) is 0 Å². The molecule has 1 amide bonds. The third kappa shape index (κ3) is 3.80. The summed E-state index contributed by atoms with van der Waals surface area (Å²) in [4.78, 5) is 22.5. The molecular weight excluding hydrogens is 383 g/mol. The molecule has 27 heavy (non-hydrogen) atoms. The third-order valence-corrected chi connectivity index (χ3v) is 4.17. The molecule has 2 aromatic heterocycles. The van der Waals surface area contributed by atoms with E-state index in [4.69, 9.17) is 10.4 Å². The van der Waals surface area contributed by atoms with Gasteiger partial charge in [0, 0.05) is 12.3 Å². The molecule has 0 atom stereocenters. The summed E-state index contributed by atoms with van der Waals surface area (Å²) < 4.78 is 23.9. The van der Waals surface area contributed by atoms with E-state index in [9.17, 15) is 14.0 Å². The molecule has 0 unspecified atom stereocenters. The number of hydrogen-bond donors (Lipinski definition) is 2. The quantitative estimate of drug-likeness (QED) is 0.461. The fourth-order valence-corrected chi connectivity index (χ4v) is 2.83. The minimum atomic E-state index is -1.16. The zero-order chi connectivity index (χ0) is 19.4. The summed E-state index contributed by atoms with van der Waals surface area (Å²) in [5.74, 6) is -1.37. The van der Waals surface area contributed by atoms with Crippen LogP contribution in [0.4, 0.5) is 9.18 Å². The average molecular weight is 392 g/mol. The molecule has 0 aliphatic carbocycles. The summed E-state index contributed by atoms with van der Waals surface area (Å²) in [5, 5.41) is 31.0. The predicted octanol–water partition coefficient (Wildman–Crippen LogP) is 1.25. The van der Waals surface area contributed by atoms with Crippen molar-refractivity contribution in [1.29, 1.82) is 5.26 Å². The zero-order valence-corrected chi connectivity index (χ0v) is 14.1. The molecule has 0 saturated carbocycles. The van der Waals surface area contributed by atoms with E-state index in [2.05, 4.69) is 29.9 Å². The van der Waals surface area contributed by atoms with Gasteiger partial charge in [-0.05, 0) is 28.5 Å². The van der Waals surface area contributed by atoms with Gasteiger partial charge < -0.3 is 10.4 Å². The van der Waals surface area contributed by atoms with Gasteiger partial charge in [0.15, 0.2) is 10.7 Å². The number of halogens is 1. The number of aromatic nitrogens is 4. The van der Waals surface area contributed by atoms with Crippen molar-refractivity contribution in [2.75, 3.05) is 12.3 Å². The molecule has 3 rings (SSSR count). The van der Waals surface area contributed by atoms with Gasteiger partial charge in [-0.3, -0.25) is 4.52 Å². The fourth-order valence-electron chi connectivity index (χ4n) is 2.08. The summed E-state index contributed by atoms with van der Waals surface area (Å²) in [6.45, 7) is 0.140. The molecule has 0 bridgehead atoms. The van der Waals surface area contributed by atoms with E-state index in [1.807, 2.05) is 0 Å². The molecule has 13 heteroatoms. The van der Waals surface area contributed by atoms with Crippen LogP contribution in [0.2, 0.25) is 0 Å². The van der Waals surface area contributed by atoms with Crippen molar-refractivity contribution in [2.45, 2.75) is 5.03 Å². The SMILES string of the molecule is N#Cc1cc(-n2c(-c3nonc3SCCNC(=O)O)noc2=O)ccc1F. The van der Waals surface area contributed by atoms with Crippen molar-refractivity contribution in [3.05, 3.63) is 40.1 Å². The zero-order valence-electron chi connectivity index (χ0n) is 13.2. The van der Waals surface area contributed by atoms with Gasteiger partial charge in [-0.25, -0.2) is 23.2 Å². The summed E-state index contributed by atoms with van der Waals surface area (Å²) >= 11 is 1.11. The van der Waals surface area contributed by atoms with E-state index in [0.717, 1.165) is 28.5 Å². The Morgan fingerprint density at radius 3 is 2.96 bits per heavy atom. The van der Waals surface area contributed by atoms with Crippen LogP contribution in [0.3, 0.4) is 0 Å². The van der Waals surface area contributed by atoms with E-state index in [1.165, 1.54) is 6.07 Å². The van der Waals surface area contributed by atoms with Crippen molar-refractivity contribution >= 4 is 17.9 Å². The molecule has 2 heterocycles. The lowest BCUT2D eigenvalue weighted by Crippen LogP contribution is -2.23. The average Bonchev–Trinajstić information content (AvgIpc) is 3.25. The van der Waals surface area contributed by atoms with Crippen LogP contribution in [0.5, 0.6) is 0 Å². The Kier molecular flexibility index (Phi) is 5.18.